The van der Waals surface area contributed by atoms with E-state index in [1.807, 2.05) is 0 Å². The number of halogens is 1. The van der Waals surface area contributed by atoms with Crippen molar-refractivity contribution in [2.24, 2.45) is 0 Å². The molecule has 1 aliphatic rings. The van der Waals surface area contributed by atoms with Gasteiger partial charge in [0.1, 0.15) is 16.7 Å². The highest BCUT2D eigenvalue weighted by Gasteiger charge is 2.27. The summed E-state index contributed by atoms with van der Waals surface area (Å²) in [6.45, 7) is 0. The summed E-state index contributed by atoms with van der Waals surface area (Å²) in [7, 11) is 1.57. The van der Waals surface area contributed by atoms with Gasteiger partial charge in [-0.1, -0.05) is 12.2 Å². The molecule has 1 saturated carbocycles. The molecule has 98 valence electrons. The fourth-order valence-corrected chi connectivity index (χ4v) is 2.54. The van der Waals surface area contributed by atoms with Crippen LogP contribution in [0.5, 0.6) is 5.88 Å². The molecule has 2 heterocycles. The van der Waals surface area contributed by atoms with Crippen LogP contribution in [0.3, 0.4) is 0 Å². The number of methoxy groups -OCH3 is 1. The molecule has 1 aliphatic carbocycles. The van der Waals surface area contributed by atoms with E-state index in [0.717, 1.165) is 10.2 Å². The molecule has 3 rings (SSSR count). The molecule has 5 nitrogen and oxygen atoms in total. The Morgan fingerprint density at radius 2 is 2.21 bits per heavy atom. The van der Waals surface area contributed by atoms with Crippen molar-refractivity contribution in [1.29, 1.82) is 0 Å². The minimum Gasteiger partial charge on any atom is -0.481 e. The summed E-state index contributed by atoms with van der Waals surface area (Å²) >= 11 is 8.78. The van der Waals surface area contributed by atoms with Crippen molar-refractivity contribution in [1.82, 2.24) is 19.9 Å². The Balaban J connectivity index is 2.11. The fraction of sp³-hybridized carbons (Fsp3) is 0.333. The molecule has 0 bridgehead atoms. The molecule has 0 radical (unpaired) electrons. The Morgan fingerprint density at radius 3 is 2.89 bits per heavy atom. The molecule has 7 heteroatoms. The average molecular weight is 339 g/mol. The molecule has 0 spiro atoms. The van der Waals surface area contributed by atoms with Crippen LogP contribution in [0.4, 0.5) is 0 Å². The van der Waals surface area contributed by atoms with Crippen molar-refractivity contribution in [3.05, 3.63) is 27.2 Å². The van der Waals surface area contributed by atoms with E-state index < -0.39 is 0 Å². The van der Waals surface area contributed by atoms with Gasteiger partial charge in [-0.3, -0.25) is 0 Å². The summed E-state index contributed by atoms with van der Waals surface area (Å²) in [4.78, 5) is 15.9. The van der Waals surface area contributed by atoms with Crippen molar-refractivity contribution in [2.75, 3.05) is 7.11 Å². The van der Waals surface area contributed by atoms with Crippen LogP contribution < -0.4 is 4.74 Å². The second-order valence-electron chi connectivity index (χ2n) is 4.34. The Hall–Kier alpha value is -1.34. The van der Waals surface area contributed by atoms with E-state index in [0.29, 0.717) is 28.0 Å². The van der Waals surface area contributed by atoms with E-state index in [4.69, 9.17) is 17.0 Å². The minimum atomic E-state index is 0.502. The van der Waals surface area contributed by atoms with Gasteiger partial charge < -0.3 is 9.72 Å². The van der Waals surface area contributed by atoms with E-state index in [-0.39, 0.29) is 0 Å². The van der Waals surface area contributed by atoms with Crippen LogP contribution in [0.15, 0.2) is 16.9 Å². The third-order valence-electron chi connectivity index (χ3n) is 2.97. The average Bonchev–Trinajstić information content (AvgIpc) is 3.26. The third kappa shape index (κ3) is 2.52. The van der Waals surface area contributed by atoms with Crippen molar-refractivity contribution in [2.45, 2.75) is 18.8 Å². The molecule has 1 N–H and O–H groups in total. The van der Waals surface area contributed by atoms with E-state index in [9.17, 15) is 0 Å². The highest BCUT2D eigenvalue weighted by molar-refractivity contribution is 9.10. The number of rotatable bonds is 3. The van der Waals surface area contributed by atoms with Crippen LogP contribution in [0.2, 0.25) is 0 Å². The van der Waals surface area contributed by atoms with Gasteiger partial charge in [-0.25, -0.2) is 15.0 Å². The van der Waals surface area contributed by atoms with Gasteiger partial charge in [0, 0.05) is 17.7 Å². The van der Waals surface area contributed by atoms with E-state index in [2.05, 4.69) is 35.9 Å². The molecule has 0 saturated heterocycles. The van der Waals surface area contributed by atoms with Gasteiger partial charge in [-0.05, 0) is 28.8 Å². The predicted octanol–water partition coefficient (Wildman–Crippen LogP) is 3.24. The first-order valence-corrected chi connectivity index (χ1v) is 7.05. The Labute approximate surface area is 123 Å². The SMILES string of the molecule is COc1cc(-c2nc(=S)c(Br)c(C3CC3)[nH]2)ncn1. The Kier molecular flexibility index (Phi) is 3.32. The van der Waals surface area contributed by atoms with Crippen LogP contribution >= 0.6 is 28.1 Å². The minimum absolute atomic E-state index is 0.502. The standard InChI is InChI=1S/C12H11BrN4OS/c1-18-8-4-7(14-5-15-8)11-16-10(6-2-3-6)9(13)12(19)17-11/h4-6H,2-3H2,1H3,(H,16,17,19). The second-order valence-corrected chi connectivity index (χ2v) is 5.52. The third-order valence-corrected chi connectivity index (χ3v) is 4.33. The fourth-order valence-electron chi connectivity index (χ4n) is 1.83. The highest BCUT2D eigenvalue weighted by atomic mass is 79.9. The van der Waals surface area contributed by atoms with Crippen molar-refractivity contribution in [3.63, 3.8) is 0 Å². The number of nitrogens with one attached hydrogen (secondary N) is 1. The van der Waals surface area contributed by atoms with Crippen LogP contribution in [-0.4, -0.2) is 27.0 Å². The van der Waals surface area contributed by atoms with Crippen molar-refractivity contribution >= 4 is 28.1 Å². The quantitative estimate of drug-likeness (QED) is 0.870. The summed E-state index contributed by atoms with van der Waals surface area (Å²) < 4.78 is 6.53. The van der Waals surface area contributed by atoms with Crippen LogP contribution in [0.1, 0.15) is 24.5 Å². The lowest BCUT2D eigenvalue weighted by atomic mass is 10.2. The predicted molar refractivity (Wildman–Crippen MR) is 76.7 cm³/mol. The van der Waals surface area contributed by atoms with Gasteiger partial charge in [0.25, 0.3) is 0 Å². The molecule has 2 aromatic rings. The number of ether oxygens (including phenoxy) is 1. The normalized spacial score (nSPS) is 14.4. The highest BCUT2D eigenvalue weighted by Crippen LogP contribution is 2.42. The zero-order valence-electron chi connectivity index (χ0n) is 10.2. The maximum atomic E-state index is 5.28. The van der Waals surface area contributed by atoms with Gasteiger partial charge in [-0.15, -0.1) is 0 Å². The smallest absolute Gasteiger partial charge is 0.216 e. The molecule has 1 fully saturated rings. The number of nitrogens with zero attached hydrogens (tertiary/aromatic N) is 3. The van der Waals surface area contributed by atoms with Crippen LogP contribution in [-0.2, 0) is 0 Å². The second kappa shape index (κ2) is 4.97. The Morgan fingerprint density at radius 1 is 1.42 bits per heavy atom. The van der Waals surface area contributed by atoms with Crippen LogP contribution in [0, 0.1) is 4.64 Å². The number of aromatic nitrogens is 4. The van der Waals surface area contributed by atoms with E-state index in [1.54, 1.807) is 13.2 Å². The van der Waals surface area contributed by atoms with Crippen LogP contribution in [0.25, 0.3) is 11.5 Å². The largest absolute Gasteiger partial charge is 0.481 e. The lowest BCUT2D eigenvalue weighted by Crippen LogP contribution is -1.99. The summed E-state index contributed by atoms with van der Waals surface area (Å²) in [5.41, 5.74) is 1.78. The van der Waals surface area contributed by atoms with Gasteiger partial charge in [0.05, 0.1) is 11.6 Å². The summed E-state index contributed by atoms with van der Waals surface area (Å²) in [5, 5.41) is 0. The number of hydrogen-bond acceptors (Lipinski definition) is 5. The Bertz CT molecular complexity index is 684. The topological polar surface area (TPSA) is 63.7 Å². The number of H-pyrrole nitrogens is 1. The number of aromatic amines is 1. The van der Waals surface area contributed by atoms with Gasteiger partial charge in [0.2, 0.25) is 5.88 Å². The zero-order chi connectivity index (χ0) is 13.4. The molecule has 0 amide bonds. The van der Waals surface area contributed by atoms with E-state index in [1.165, 1.54) is 19.2 Å². The lowest BCUT2D eigenvalue weighted by molar-refractivity contribution is 0.397. The monoisotopic (exact) mass is 338 g/mol. The molecule has 0 unspecified atom stereocenters. The molecule has 0 aliphatic heterocycles. The molecular weight excluding hydrogens is 328 g/mol. The van der Waals surface area contributed by atoms with E-state index >= 15 is 0 Å². The van der Waals surface area contributed by atoms with Crippen molar-refractivity contribution in [3.8, 4) is 17.4 Å². The first-order chi connectivity index (χ1) is 9.19. The maximum absolute atomic E-state index is 5.28. The zero-order valence-corrected chi connectivity index (χ0v) is 12.6. The van der Waals surface area contributed by atoms with Gasteiger partial charge in [0.15, 0.2) is 5.82 Å². The molecule has 0 atom stereocenters. The van der Waals surface area contributed by atoms with Crippen molar-refractivity contribution < 1.29 is 4.74 Å². The molecule has 2 aromatic heterocycles. The first-order valence-electron chi connectivity index (χ1n) is 5.85. The molecule has 19 heavy (non-hydrogen) atoms. The van der Waals surface area contributed by atoms with Gasteiger partial charge in [-0.2, -0.15) is 0 Å². The summed E-state index contributed by atoms with van der Waals surface area (Å²) in [6.07, 6.45) is 3.81. The van der Waals surface area contributed by atoms with Gasteiger partial charge >= 0.3 is 0 Å². The summed E-state index contributed by atoms with van der Waals surface area (Å²) in [6, 6.07) is 1.73. The summed E-state index contributed by atoms with van der Waals surface area (Å²) in [5.74, 6) is 1.69. The maximum Gasteiger partial charge on any atom is 0.216 e. The molecule has 0 aromatic carbocycles. The first kappa shape index (κ1) is 12.7. The lowest BCUT2D eigenvalue weighted by Gasteiger charge is -2.07. The molecular formula is C12H11BrN4OS. The number of hydrogen-bond donors (Lipinski definition) is 1.